The van der Waals surface area contributed by atoms with Crippen LogP contribution in [0.1, 0.15) is 18.5 Å². The second-order valence-electron chi connectivity index (χ2n) is 8.57. The molecule has 0 aliphatic carbocycles. The van der Waals surface area contributed by atoms with Gasteiger partial charge in [-0.15, -0.1) is 0 Å². The van der Waals surface area contributed by atoms with E-state index in [1.54, 1.807) is 19.4 Å². The number of hydrogen-bond acceptors (Lipinski definition) is 7. The third-order valence-corrected chi connectivity index (χ3v) is 6.49. The van der Waals surface area contributed by atoms with Gasteiger partial charge in [0.25, 0.3) is 0 Å². The van der Waals surface area contributed by atoms with E-state index in [2.05, 4.69) is 19.8 Å². The molecule has 0 saturated carbocycles. The quantitative estimate of drug-likeness (QED) is 0.592. The summed E-state index contributed by atoms with van der Waals surface area (Å²) >= 11 is 0. The molecular weight excluding hydrogens is 420 g/mol. The summed E-state index contributed by atoms with van der Waals surface area (Å²) in [5.41, 5.74) is 1.94. The third kappa shape index (κ3) is 4.96. The molecule has 0 radical (unpaired) electrons. The van der Waals surface area contributed by atoms with Crippen LogP contribution in [0.3, 0.4) is 0 Å². The van der Waals surface area contributed by atoms with Crippen molar-refractivity contribution in [3.63, 3.8) is 0 Å². The van der Waals surface area contributed by atoms with Gasteiger partial charge in [-0.05, 0) is 38.1 Å². The predicted molar refractivity (Wildman–Crippen MR) is 126 cm³/mol. The molecule has 0 amide bonds. The van der Waals surface area contributed by atoms with Crippen LogP contribution in [0, 0.1) is 0 Å². The minimum Gasteiger partial charge on any atom is -0.497 e. The molecule has 0 atom stereocenters. The van der Waals surface area contributed by atoms with Crippen LogP contribution in [0.15, 0.2) is 47.5 Å². The van der Waals surface area contributed by atoms with E-state index in [-0.39, 0.29) is 5.43 Å². The highest BCUT2D eigenvalue weighted by atomic mass is 16.6. The van der Waals surface area contributed by atoms with E-state index in [1.807, 2.05) is 30.5 Å². The number of nitrogens with zero attached hydrogens (tertiary/aromatic N) is 3. The molecule has 0 bridgehead atoms. The number of hydrogen-bond donors (Lipinski definition) is 1. The maximum absolute atomic E-state index is 12.2. The first-order valence-electron chi connectivity index (χ1n) is 11.6. The van der Waals surface area contributed by atoms with Gasteiger partial charge in [0.1, 0.15) is 19.0 Å². The van der Waals surface area contributed by atoms with Crippen molar-refractivity contribution in [3.05, 3.63) is 58.6 Å². The van der Waals surface area contributed by atoms with Gasteiger partial charge >= 0.3 is 0 Å². The standard InChI is InChI=1S/C25H30N4O4/c1-31-20-2-3-21-22(15-20)29(9-6-23(21)30)11-10-28-7-4-18(5-8-28)26-16-19-14-24-25(17-27-19)33-13-12-32-24/h2-3,6,9,14-15,17-18,26H,4-5,7-8,10-13,16H2,1H3. The van der Waals surface area contributed by atoms with Crippen LogP contribution in [0.25, 0.3) is 10.9 Å². The molecule has 174 valence electrons. The van der Waals surface area contributed by atoms with Crippen LogP contribution in [0.2, 0.25) is 0 Å². The summed E-state index contributed by atoms with van der Waals surface area (Å²) in [5.74, 6) is 2.28. The number of nitrogens with one attached hydrogen (secondary N) is 1. The van der Waals surface area contributed by atoms with E-state index in [0.717, 1.165) is 79.4 Å². The number of rotatable bonds is 7. The molecule has 8 heteroatoms. The molecule has 0 spiro atoms. The predicted octanol–water partition coefficient (Wildman–Crippen LogP) is 2.43. The maximum atomic E-state index is 12.2. The molecular formula is C25H30N4O4. The van der Waals surface area contributed by atoms with Gasteiger partial charge in [0, 0.05) is 55.5 Å². The minimum atomic E-state index is 0.0447. The van der Waals surface area contributed by atoms with E-state index in [9.17, 15) is 4.79 Å². The Hall–Kier alpha value is -3.10. The van der Waals surface area contributed by atoms with Crippen LogP contribution in [0.4, 0.5) is 0 Å². The summed E-state index contributed by atoms with van der Waals surface area (Å²) in [6, 6.07) is 9.73. The fourth-order valence-electron chi connectivity index (χ4n) is 4.55. The Balaban J connectivity index is 1.12. The average Bonchev–Trinajstić information content (AvgIpc) is 2.87. The number of benzene rings is 1. The van der Waals surface area contributed by atoms with E-state index < -0.39 is 0 Å². The monoisotopic (exact) mass is 450 g/mol. The number of ether oxygens (including phenoxy) is 3. The molecule has 1 fully saturated rings. The van der Waals surface area contributed by atoms with Gasteiger partial charge in [0.05, 0.1) is 24.5 Å². The van der Waals surface area contributed by atoms with Crippen molar-refractivity contribution in [2.24, 2.45) is 0 Å². The fraction of sp³-hybridized carbons (Fsp3) is 0.440. The lowest BCUT2D eigenvalue weighted by Crippen LogP contribution is -2.43. The second kappa shape index (κ2) is 9.80. The van der Waals surface area contributed by atoms with Gasteiger partial charge in [-0.2, -0.15) is 0 Å². The average molecular weight is 451 g/mol. The van der Waals surface area contributed by atoms with E-state index in [4.69, 9.17) is 14.2 Å². The number of methoxy groups -OCH3 is 1. The number of aromatic nitrogens is 2. The number of fused-ring (bicyclic) bond motifs is 2. The largest absolute Gasteiger partial charge is 0.497 e. The van der Waals surface area contributed by atoms with Gasteiger partial charge < -0.3 is 29.0 Å². The molecule has 2 aliphatic rings. The zero-order valence-corrected chi connectivity index (χ0v) is 19.0. The minimum absolute atomic E-state index is 0.0447. The lowest BCUT2D eigenvalue weighted by molar-refractivity contribution is 0.170. The highest BCUT2D eigenvalue weighted by Gasteiger charge is 2.19. The molecule has 5 rings (SSSR count). The van der Waals surface area contributed by atoms with Crippen LogP contribution in [-0.4, -0.2) is 60.5 Å². The lowest BCUT2D eigenvalue weighted by Gasteiger charge is -2.32. The molecule has 3 aromatic rings. The highest BCUT2D eigenvalue weighted by molar-refractivity contribution is 5.80. The van der Waals surface area contributed by atoms with Crippen LogP contribution >= 0.6 is 0 Å². The summed E-state index contributed by atoms with van der Waals surface area (Å²) in [6.45, 7) is 5.78. The van der Waals surface area contributed by atoms with Crippen molar-refractivity contribution in [2.45, 2.75) is 32.0 Å². The first-order chi connectivity index (χ1) is 16.2. The number of likely N-dealkylation sites (tertiary alicyclic amines) is 1. The van der Waals surface area contributed by atoms with Gasteiger partial charge in [-0.25, -0.2) is 0 Å². The molecule has 1 aromatic carbocycles. The van der Waals surface area contributed by atoms with Crippen LogP contribution < -0.4 is 25.0 Å². The zero-order chi connectivity index (χ0) is 22.6. The summed E-state index contributed by atoms with van der Waals surface area (Å²) in [7, 11) is 1.65. The summed E-state index contributed by atoms with van der Waals surface area (Å²) < 4.78 is 18.7. The Bertz CT molecular complexity index is 1170. The first kappa shape index (κ1) is 21.7. The summed E-state index contributed by atoms with van der Waals surface area (Å²) in [4.78, 5) is 19.2. The topological polar surface area (TPSA) is 77.9 Å². The molecule has 4 heterocycles. The van der Waals surface area contributed by atoms with Crippen molar-refractivity contribution in [1.82, 2.24) is 19.8 Å². The highest BCUT2D eigenvalue weighted by Crippen LogP contribution is 2.29. The Morgan fingerprint density at radius 1 is 1.09 bits per heavy atom. The van der Waals surface area contributed by atoms with Crippen molar-refractivity contribution in [2.75, 3.05) is 40.0 Å². The molecule has 8 nitrogen and oxygen atoms in total. The second-order valence-corrected chi connectivity index (χ2v) is 8.57. The van der Waals surface area contributed by atoms with Crippen molar-refractivity contribution in [3.8, 4) is 17.2 Å². The molecule has 1 saturated heterocycles. The third-order valence-electron chi connectivity index (χ3n) is 6.49. The maximum Gasteiger partial charge on any atom is 0.189 e. The summed E-state index contributed by atoms with van der Waals surface area (Å²) in [6.07, 6.45) is 5.84. The smallest absolute Gasteiger partial charge is 0.189 e. The van der Waals surface area contributed by atoms with Gasteiger partial charge in [-0.1, -0.05) is 0 Å². The van der Waals surface area contributed by atoms with Crippen molar-refractivity contribution in [1.29, 1.82) is 0 Å². The molecule has 1 N–H and O–H groups in total. The van der Waals surface area contributed by atoms with Crippen molar-refractivity contribution < 1.29 is 14.2 Å². The van der Waals surface area contributed by atoms with Crippen LogP contribution in [-0.2, 0) is 13.1 Å². The Labute approximate surface area is 193 Å². The fourth-order valence-corrected chi connectivity index (χ4v) is 4.55. The number of piperidine rings is 1. The molecule has 2 aliphatic heterocycles. The molecule has 33 heavy (non-hydrogen) atoms. The van der Waals surface area contributed by atoms with E-state index in [1.165, 1.54) is 0 Å². The summed E-state index contributed by atoms with van der Waals surface area (Å²) in [5, 5.41) is 4.37. The van der Waals surface area contributed by atoms with Gasteiger partial charge in [0.15, 0.2) is 16.9 Å². The normalized spacial score (nSPS) is 16.8. The molecule has 2 aromatic heterocycles. The number of pyridine rings is 2. The van der Waals surface area contributed by atoms with Gasteiger partial charge in [0.2, 0.25) is 0 Å². The zero-order valence-electron chi connectivity index (χ0n) is 19.0. The SMILES string of the molecule is COc1ccc2c(=O)ccn(CCN3CCC(NCc4cc5c(cn4)OCCO5)CC3)c2c1. The van der Waals surface area contributed by atoms with Crippen LogP contribution in [0.5, 0.6) is 17.2 Å². The van der Waals surface area contributed by atoms with Gasteiger partial charge in [-0.3, -0.25) is 9.78 Å². The Morgan fingerprint density at radius 2 is 1.91 bits per heavy atom. The van der Waals surface area contributed by atoms with E-state index in [0.29, 0.717) is 19.3 Å². The first-order valence-corrected chi connectivity index (χ1v) is 11.6. The van der Waals surface area contributed by atoms with E-state index >= 15 is 0 Å². The Morgan fingerprint density at radius 3 is 2.73 bits per heavy atom. The lowest BCUT2D eigenvalue weighted by atomic mass is 10.0. The Kier molecular flexibility index (Phi) is 6.46. The van der Waals surface area contributed by atoms with Crippen molar-refractivity contribution >= 4 is 10.9 Å². The molecule has 0 unspecified atom stereocenters.